The quantitative estimate of drug-likeness (QED) is 0.468. The topological polar surface area (TPSA) is 23.6 Å². The highest BCUT2D eigenvalue weighted by molar-refractivity contribution is 5.94. The van der Waals surface area contributed by atoms with Crippen molar-refractivity contribution < 1.29 is 9.18 Å². The maximum Gasteiger partial charge on any atom is 0.159 e. The number of hydrogen-bond acceptors (Lipinski definition) is 3. The third-order valence-corrected chi connectivity index (χ3v) is 6.52. The van der Waals surface area contributed by atoms with Crippen LogP contribution in [0.15, 0.2) is 78.9 Å². The smallest absolute Gasteiger partial charge is 0.159 e. The fourth-order valence-corrected chi connectivity index (χ4v) is 4.79. The Hall–Kier alpha value is -2.82. The number of carbonyl (C=O) groups excluding carboxylic acids is 1. The minimum atomic E-state index is -0.181. The molecule has 32 heavy (non-hydrogen) atoms. The first-order chi connectivity index (χ1) is 15.4. The monoisotopic (exact) mass is 430 g/mol. The molecule has 4 heteroatoms. The molecular weight excluding hydrogens is 399 g/mol. The van der Waals surface area contributed by atoms with Gasteiger partial charge in [0.05, 0.1) is 6.04 Å². The standard InChI is InChI=1S/C28H31FN2O/c1-20-18-31(21(2)17-30(20)19-23-8-7-11-27(29)16-23)28(25-9-5-4-6-10-25)26-14-12-24(13-15-26)22(3)32/h4-16,20-21,28H,17-19H2,1-3H3/t20-,21+,28-/m1/s1. The van der Waals surface area contributed by atoms with Crippen molar-refractivity contribution in [1.29, 1.82) is 0 Å². The molecule has 0 amide bonds. The minimum Gasteiger partial charge on any atom is -0.295 e. The highest BCUT2D eigenvalue weighted by atomic mass is 19.1. The predicted octanol–water partition coefficient (Wildman–Crippen LogP) is 5.71. The van der Waals surface area contributed by atoms with E-state index in [9.17, 15) is 9.18 Å². The molecule has 0 aliphatic carbocycles. The summed E-state index contributed by atoms with van der Waals surface area (Å²) in [7, 11) is 0. The fraction of sp³-hybridized carbons (Fsp3) is 0.321. The van der Waals surface area contributed by atoms with Crippen molar-refractivity contribution >= 4 is 5.78 Å². The van der Waals surface area contributed by atoms with Gasteiger partial charge in [0.2, 0.25) is 0 Å². The summed E-state index contributed by atoms with van der Waals surface area (Å²) in [4.78, 5) is 16.8. The first kappa shape index (κ1) is 22.4. The van der Waals surface area contributed by atoms with E-state index in [1.54, 1.807) is 19.1 Å². The Morgan fingerprint density at radius 1 is 0.906 bits per heavy atom. The average Bonchev–Trinajstić information content (AvgIpc) is 2.78. The number of rotatable bonds is 6. The van der Waals surface area contributed by atoms with Crippen LogP contribution in [-0.2, 0) is 6.54 Å². The first-order valence-electron chi connectivity index (χ1n) is 11.3. The lowest BCUT2D eigenvalue weighted by molar-refractivity contribution is 0.0195. The number of hydrogen-bond donors (Lipinski definition) is 0. The molecule has 0 radical (unpaired) electrons. The first-order valence-corrected chi connectivity index (χ1v) is 11.3. The van der Waals surface area contributed by atoms with Crippen molar-refractivity contribution in [3.05, 3.63) is 107 Å². The maximum absolute atomic E-state index is 13.7. The molecule has 4 rings (SSSR count). The molecule has 3 aromatic rings. The van der Waals surface area contributed by atoms with E-state index in [1.165, 1.54) is 17.2 Å². The van der Waals surface area contributed by atoms with Crippen LogP contribution in [0.2, 0.25) is 0 Å². The van der Waals surface area contributed by atoms with E-state index in [0.717, 1.165) is 30.8 Å². The molecule has 0 spiro atoms. The zero-order valence-corrected chi connectivity index (χ0v) is 19.0. The van der Waals surface area contributed by atoms with Crippen molar-refractivity contribution in [2.24, 2.45) is 0 Å². The molecule has 0 bridgehead atoms. The van der Waals surface area contributed by atoms with Gasteiger partial charge >= 0.3 is 0 Å². The van der Waals surface area contributed by atoms with Crippen LogP contribution in [0.5, 0.6) is 0 Å². The summed E-state index contributed by atoms with van der Waals surface area (Å²) in [5.74, 6) is -0.0965. The highest BCUT2D eigenvalue weighted by Crippen LogP contribution is 2.33. The number of ketones is 1. The van der Waals surface area contributed by atoms with Gasteiger partial charge in [-0.15, -0.1) is 0 Å². The van der Waals surface area contributed by atoms with E-state index < -0.39 is 0 Å². The molecule has 1 aliphatic heterocycles. The lowest BCUT2D eigenvalue weighted by atomic mass is 9.92. The van der Waals surface area contributed by atoms with Crippen LogP contribution in [0.3, 0.4) is 0 Å². The lowest BCUT2D eigenvalue weighted by Crippen LogP contribution is -2.56. The third-order valence-electron chi connectivity index (χ3n) is 6.52. The van der Waals surface area contributed by atoms with Crippen LogP contribution in [0.25, 0.3) is 0 Å². The van der Waals surface area contributed by atoms with Gasteiger partial charge < -0.3 is 0 Å². The molecule has 3 aromatic carbocycles. The largest absolute Gasteiger partial charge is 0.295 e. The number of carbonyl (C=O) groups is 1. The Balaban J connectivity index is 1.60. The summed E-state index contributed by atoms with van der Waals surface area (Å²) in [6, 6.07) is 26.3. The Labute approximate surface area is 190 Å². The van der Waals surface area contributed by atoms with Gasteiger partial charge in [0.1, 0.15) is 5.82 Å². The Morgan fingerprint density at radius 2 is 1.59 bits per heavy atom. The second kappa shape index (κ2) is 9.76. The summed E-state index contributed by atoms with van der Waals surface area (Å²) in [5, 5.41) is 0. The van der Waals surface area contributed by atoms with Gasteiger partial charge in [0.15, 0.2) is 5.78 Å². The van der Waals surface area contributed by atoms with Crippen LogP contribution in [-0.4, -0.2) is 40.8 Å². The van der Waals surface area contributed by atoms with Crippen LogP contribution in [0.4, 0.5) is 4.39 Å². The van der Waals surface area contributed by atoms with Gasteiger partial charge in [0.25, 0.3) is 0 Å². The zero-order chi connectivity index (χ0) is 22.7. The number of piperazine rings is 1. The summed E-state index contributed by atoms with van der Waals surface area (Å²) in [6.07, 6.45) is 0. The molecular formula is C28H31FN2O. The number of benzene rings is 3. The Morgan fingerprint density at radius 3 is 2.25 bits per heavy atom. The molecule has 0 aromatic heterocycles. The van der Waals surface area contributed by atoms with E-state index in [4.69, 9.17) is 0 Å². The molecule has 1 aliphatic rings. The van der Waals surface area contributed by atoms with E-state index in [0.29, 0.717) is 12.1 Å². The molecule has 0 saturated carbocycles. The Kier molecular flexibility index (Phi) is 6.83. The van der Waals surface area contributed by atoms with Gasteiger partial charge in [-0.3, -0.25) is 14.6 Å². The van der Waals surface area contributed by atoms with E-state index >= 15 is 0 Å². The summed E-state index contributed by atoms with van der Waals surface area (Å²) >= 11 is 0. The van der Waals surface area contributed by atoms with Gasteiger partial charge in [-0.05, 0) is 49.6 Å². The summed E-state index contributed by atoms with van der Waals surface area (Å²) < 4.78 is 13.7. The summed E-state index contributed by atoms with van der Waals surface area (Å²) in [6.45, 7) is 8.69. The number of Topliss-reactive ketones (excluding diaryl/α,β-unsaturated/α-hetero) is 1. The van der Waals surface area contributed by atoms with Crippen LogP contribution < -0.4 is 0 Å². The number of nitrogens with zero attached hydrogens (tertiary/aromatic N) is 2. The summed E-state index contributed by atoms with van der Waals surface area (Å²) in [5.41, 5.74) is 4.19. The van der Waals surface area contributed by atoms with Crippen molar-refractivity contribution in [3.8, 4) is 0 Å². The van der Waals surface area contributed by atoms with Crippen molar-refractivity contribution in [2.45, 2.75) is 45.4 Å². The molecule has 1 fully saturated rings. The zero-order valence-electron chi connectivity index (χ0n) is 19.0. The van der Waals surface area contributed by atoms with Gasteiger partial charge in [-0.2, -0.15) is 0 Å². The minimum absolute atomic E-state index is 0.0840. The van der Waals surface area contributed by atoms with Crippen LogP contribution in [0, 0.1) is 5.82 Å². The molecule has 0 unspecified atom stereocenters. The van der Waals surface area contributed by atoms with Crippen LogP contribution in [0.1, 0.15) is 53.9 Å². The molecule has 1 heterocycles. The van der Waals surface area contributed by atoms with Gasteiger partial charge in [-0.1, -0.05) is 66.7 Å². The fourth-order valence-electron chi connectivity index (χ4n) is 4.79. The van der Waals surface area contributed by atoms with Gasteiger partial charge in [-0.25, -0.2) is 4.39 Å². The lowest BCUT2D eigenvalue weighted by Gasteiger charge is -2.47. The molecule has 0 N–H and O–H groups in total. The molecule has 3 nitrogen and oxygen atoms in total. The second-order valence-electron chi connectivity index (χ2n) is 8.95. The van der Waals surface area contributed by atoms with Crippen molar-refractivity contribution in [1.82, 2.24) is 9.80 Å². The van der Waals surface area contributed by atoms with Crippen LogP contribution >= 0.6 is 0 Å². The van der Waals surface area contributed by atoms with Gasteiger partial charge in [0, 0.05) is 37.3 Å². The van der Waals surface area contributed by atoms with Crippen molar-refractivity contribution in [3.63, 3.8) is 0 Å². The predicted molar refractivity (Wildman–Crippen MR) is 127 cm³/mol. The van der Waals surface area contributed by atoms with E-state index in [-0.39, 0.29) is 17.6 Å². The maximum atomic E-state index is 13.7. The molecule has 1 saturated heterocycles. The SMILES string of the molecule is CC(=O)c1ccc([C@@H](c2ccccc2)N2C[C@@H](C)N(Cc3cccc(F)c3)C[C@@H]2C)cc1. The van der Waals surface area contributed by atoms with E-state index in [2.05, 4.69) is 60.0 Å². The Bertz CT molecular complexity index is 1050. The van der Waals surface area contributed by atoms with Crippen molar-refractivity contribution in [2.75, 3.05) is 13.1 Å². The molecule has 166 valence electrons. The average molecular weight is 431 g/mol. The van der Waals surface area contributed by atoms with E-state index in [1.807, 2.05) is 24.3 Å². The molecule has 3 atom stereocenters. The highest BCUT2D eigenvalue weighted by Gasteiger charge is 2.34. The normalized spacial score (nSPS) is 20.8. The second-order valence-corrected chi connectivity index (χ2v) is 8.95. The number of halogens is 1. The third kappa shape index (κ3) is 4.98.